The van der Waals surface area contributed by atoms with Crippen molar-refractivity contribution in [3.63, 3.8) is 0 Å². The van der Waals surface area contributed by atoms with Crippen LogP contribution in [0.1, 0.15) is 6.42 Å². The van der Waals surface area contributed by atoms with Gasteiger partial charge >= 0.3 is 0 Å². The fourth-order valence-electron chi connectivity index (χ4n) is 1.02. The first kappa shape index (κ1) is 11.5. The summed E-state index contributed by atoms with van der Waals surface area (Å²) in [5, 5.41) is 20.6. The summed E-state index contributed by atoms with van der Waals surface area (Å²) in [5.74, 6) is 0.929. The van der Waals surface area contributed by atoms with Crippen LogP contribution in [0.4, 0.5) is 0 Å². The number of rotatable bonds is 6. The first-order valence-electron chi connectivity index (χ1n) is 4.53. The Morgan fingerprint density at radius 1 is 1.71 bits per heavy atom. The maximum atomic E-state index is 8.93. The molecule has 5 nitrogen and oxygen atoms in total. The number of nitrogens with one attached hydrogen (secondary N) is 1. The molecule has 80 valence electrons. The number of aromatic nitrogens is 3. The van der Waals surface area contributed by atoms with E-state index in [1.807, 2.05) is 18.7 Å². The van der Waals surface area contributed by atoms with Crippen LogP contribution in [-0.4, -0.2) is 45.3 Å². The zero-order valence-electron chi connectivity index (χ0n) is 8.47. The summed E-state index contributed by atoms with van der Waals surface area (Å²) in [6, 6.07) is 0.177. The summed E-state index contributed by atoms with van der Waals surface area (Å²) in [6.45, 7) is 0.176. The van der Waals surface area contributed by atoms with Gasteiger partial charge in [-0.3, -0.25) is 0 Å². The van der Waals surface area contributed by atoms with Crippen molar-refractivity contribution >= 4 is 11.8 Å². The van der Waals surface area contributed by atoms with Gasteiger partial charge in [0.05, 0.1) is 6.61 Å². The Hall–Kier alpha value is -0.590. The van der Waals surface area contributed by atoms with Crippen LogP contribution < -0.4 is 5.32 Å². The number of aryl methyl sites for hydroxylation is 1. The Morgan fingerprint density at radius 2 is 2.50 bits per heavy atom. The fraction of sp³-hybridized carbons (Fsp3) is 0.750. The monoisotopic (exact) mass is 216 g/mol. The van der Waals surface area contributed by atoms with Crippen LogP contribution in [0, 0.1) is 0 Å². The lowest BCUT2D eigenvalue weighted by atomic mass is 10.2. The van der Waals surface area contributed by atoms with Crippen molar-refractivity contribution in [1.29, 1.82) is 0 Å². The quantitative estimate of drug-likeness (QED) is 0.649. The SMILES string of the molecule is CNC(CO)CCSc1nncn1C. The van der Waals surface area contributed by atoms with E-state index < -0.39 is 0 Å². The molecule has 0 saturated heterocycles. The molecular formula is C8H16N4OS. The molecule has 0 radical (unpaired) electrons. The lowest BCUT2D eigenvalue weighted by molar-refractivity contribution is 0.246. The van der Waals surface area contributed by atoms with Gasteiger partial charge in [0.2, 0.25) is 0 Å². The van der Waals surface area contributed by atoms with Crippen LogP contribution in [0.15, 0.2) is 11.5 Å². The Kier molecular flexibility index (Phi) is 4.92. The van der Waals surface area contributed by atoms with Crippen molar-refractivity contribution in [2.75, 3.05) is 19.4 Å². The summed E-state index contributed by atoms with van der Waals surface area (Å²) in [5.41, 5.74) is 0. The summed E-state index contributed by atoms with van der Waals surface area (Å²) < 4.78 is 1.89. The molecule has 0 aliphatic rings. The molecule has 1 heterocycles. The third-order valence-corrected chi connectivity index (χ3v) is 3.06. The van der Waals surface area contributed by atoms with E-state index in [4.69, 9.17) is 5.11 Å². The van der Waals surface area contributed by atoms with E-state index in [0.717, 1.165) is 17.3 Å². The molecule has 0 aliphatic heterocycles. The van der Waals surface area contributed by atoms with Gasteiger partial charge in [-0.2, -0.15) is 0 Å². The van der Waals surface area contributed by atoms with Crippen LogP contribution in [-0.2, 0) is 7.05 Å². The van der Waals surface area contributed by atoms with Crippen molar-refractivity contribution in [3.05, 3.63) is 6.33 Å². The van der Waals surface area contributed by atoms with E-state index in [2.05, 4.69) is 15.5 Å². The number of hydrogen-bond acceptors (Lipinski definition) is 5. The fourth-order valence-corrected chi connectivity index (χ4v) is 1.96. The van der Waals surface area contributed by atoms with E-state index in [1.165, 1.54) is 0 Å². The number of aliphatic hydroxyl groups excluding tert-OH is 1. The van der Waals surface area contributed by atoms with Crippen molar-refractivity contribution in [2.45, 2.75) is 17.6 Å². The van der Waals surface area contributed by atoms with Gasteiger partial charge < -0.3 is 15.0 Å². The average molecular weight is 216 g/mol. The van der Waals surface area contributed by atoms with Crippen LogP contribution in [0.5, 0.6) is 0 Å². The normalized spacial score (nSPS) is 13.1. The highest BCUT2D eigenvalue weighted by Crippen LogP contribution is 2.14. The van der Waals surface area contributed by atoms with Crippen LogP contribution >= 0.6 is 11.8 Å². The zero-order valence-corrected chi connectivity index (χ0v) is 9.29. The van der Waals surface area contributed by atoms with Crippen molar-refractivity contribution in [3.8, 4) is 0 Å². The van der Waals surface area contributed by atoms with Gasteiger partial charge in [-0.05, 0) is 13.5 Å². The van der Waals surface area contributed by atoms with Crippen molar-refractivity contribution in [1.82, 2.24) is 20.1 Å². The highest BCUT2D eigenvalue weighted by atomic mass is 32.2. The molecule has 0 saturated carbocycles. The van der Waals surface area contributed by atoms with Gasteiger partial charge in [-0.1, -0.05) is 11.8 Å². The summed E-state index contributed by atoms with van der Waals surface area (Å²) in [4.78, 5) is 0. The zero-order chi connectivity index (χ0) is 10.4. The third kappa shape index (κ3) is 3.28. The second-order valence-corrected chi connectivity index (χ2v) is 4.09. The van der Waals surface area contributed by atoms with Crippen molar-refractivity contribution in [2.24, 2.45) is 7.05 Å². The molecule has 0 spiro atoms. The first-order valence-corrected chi connectivity index (χ1v) is 5.51. The highest BCUT2D eigenvalue weighted by molar-refractivity contribution is 7.99. The molecule has 1 aromatic rings. The van der Waals surface area contributed by atoms with Gasteiger partial charge in [0.15, 0.2) is 5.16 Å². The maximum absolute atomic E-state index is 8.93. The number of likely N-dealkylation sites (N-methyl/N-ethyl adjacent to an activating group) is 1. The lowest BCUT2D eigenvalue weighted by Crippen LogP contribution is -2.29. The summed E-state index contributed by atoms with van der Waals surface area (Å²) >= 11 is 1.65. The van der Waals surface area contributed by atoms with Crippen LogP contribution in [0.2, 0.25) is 0 Å². The molecule has 0 aromatic carbocycles. The standard InChI is InChI=1S/C8H16N4OS/c1-9-7(5-13)3-4-14-8-11-10-6-12(8)2/h6-7,9,13H,3-5H2,1-2H3. The van der Waals surface area contributed by atoms with E-state index in [1.54, 1.807) is 18.1 Å². The Bertz CT molecular complexity index is 262. The van der Waals surface area contributed by atoms with Gasteiger partial charge in [-0.25, -0.2) is 0 Å². The number of aliphatic hydroxyl groups is 1. The molecule has 1 unspecified atom stereocenters. The second-order valence-electron chi connectivity index (χ2n) is 3.03. The second kappa shape index (κ2) is 6.00. The molecule has 0 aliphatic carbocycles. The van der Waals surface area contributed by atoms with Crippen LogP contribution in [0.3, 0.4) is 0 Å². The van der Waals surface area contributed by atoms with Gasteiger partial charge in [-0.15, -0.1) is 10.2 Å². The van der Waals surface area contributed by atoms with Gasteiger partial charge in [0, 0.05) is 18.8 Å². The number of hydrogen-bond donors (Lipinski definition) is 2. The molecular weight excluding hydrogens is 200 g/mol. The molecule has 6 heteroatoms. The molecule has 0 amide bonds. The number of nitrogens with zero attached hydrogens (tertiary/aromatic N) is 3. The minimum Gasteiger partial charge on any atom is -0.395 e. The third-order valence-electron chi connectivity index (χ3n) is 2.00. The Balaban J connectivity index is 2.24. The smallest absolute Gasteiger partial charge is 0.190 e. The molecule has 1 aromatic heterocycles. The molecule has 14 heavy (non-hydrogen) atoms. The topological polar surface area (TPSA) is 63.0 Å². The van der Waals surface area contributed by atoms with E-state index >= 15 is 0 Å². The van der Waals surface area contributed by atoms with E-state index in [9.17, 15) is 0 Å². The van der Waals surface area contributed by atoms with E-state index in [-0.39, 0.29) is 12.6 Å². The van der Waals surface area contributed by atoms with Gasteiger partial charge in [0.1, 0.15) is 6.33 Å². The molecule has 1 atom stereocenters. The Morgan fingerprint density at radius 3 is 3.00 bits per heavy atom. The largest absolute Gasteiger partial charge is 0.395 e. The first-order chi connectivity index (χ1) is 6.77. The highest BCUT2D eigenvalue weighted by Gasteiger charge is 2.06. The minimum absolute atomic E-state index is 0.176. The predicted molar refractivity (Wildman–Crippen MR) is 56.3 cm³/mol. The molecule has 0 fully saturated rings. The average Bonchev–Trinajstić information content (AvgIpc) is 2.59. The Labute approximate surface area is 87.9 Å². The lowest BCUT2D eigenvalue weighted by Gasteiger charge is -2.11. The molecule has 1 rings (SSSR count). The maximum Gasteiger partial charge on any atom is 0.190 e. The van der Waals surface area contributed by atoms with Crippen molar-refractivity contribution < 1.29 is 5.11 Å². The van der Waals surface area contributed by atoms with Crippen LogP contribution in [0.25, 0.3) is 0 Å². The molecule has 0 bridgehead atoms. The number of thioether (sulfide) groups is 1. The minimum atomic E-state index is 0.176. The summed E-state index contributed by atoms with van der Waals surface area (Å²) in [6.07, 6.45) is 2.61. The summed E-state index contributed by atoms with van der Waals surface area (Å²) in [7, 11) is 3.78. The van der Waals surface area contributed by atoms with E-state index in [0.29, 0.717) is 0 Å². The predicted octanol–water partition coefficient (Wildman–Crippen LogP) is -0.122. The van der Waals surface area contributed by atoms with Gasteiger partial charge in [0.25, 0.3) is 0 Å². The molecule has 2 N–H and O–H groups in total.